The highest BCUT2D eigenvalue weighted by molar-refractivity contribution is 5.97. The highest BCUT2D eigenvalue weighted by Crippen LogP contribution is 2.26. The summed E-state index contributed by atoms with van der Waals surface area (Å²) in [6, 6.07) is 1.99. The summed E-state index contributed by atoms with van der Waals surface area (Å²) in [5, 5.41) is 7.76. The van der Waals surface area contributed by atoms with Gasteiger partial charge in [0.15, 0.2) is 0 Å². The zero-order valence-electron chi connectivity index (χ0n) is 13.5. The molecule has 21 heavy (non-hydrogen) atoms. The summed E-state index contributed by atoms with van der Waals surface area (Å²) in [6.07, 6.45) is 4.36. The molecule has 2 rings (SSSR count). The molecule has 0 spiro atoms. The van der Waals surface area contributed by atoms with Crippen LogP contribution < -0.4 is 10.5 Å². The first-order valence-corrected chi connectivity index (χ1v) is 7.48. The lowest BCUT2D eigenvalue weighted by Crippen LogP contribution is -2.43. The lowest BCUT2D eigenvalue weighted by atomic mass is 9.94. The predicted octanol–water partition coefficient (Wildman–Crippen LogP) is 1.96. The molecular weight excluding hydrogens is 264 g/mol. The van der Waals surface area contributed by atoms with Crippen LogP contribution in [0.15, 0.2) is 6.07 Å². The molecule has 1 aromatic rings. The second-order valence-electron chi connectivity index (χ2n) is 6.56. The van der Waals surface area contributed by atoms with Crippen LogP contribution in [-0.4, -0.2) is 42.0 Å². The molecule has 1 aliphatic carbocycles. The Labute approximate surface area is 127 Å². The van der Waals surface area contributed by atoms with Crippen molar-refractivity contribution in [2.75, 3.05) is 20.7 Å². The summed E-state index contributed by atoms with van der Waals surface area (Å²) in [6.45, 7) is 4.73. The minimum atomic E-state index is -0.106. The number of aryl methyl sites for hydroxylation is 2. The van der Waals surface area contributed by atoms with Crippen LogP contribution in [0, 0.1) is 5.41 Å². The summed E-state index contributed by atoms with van der Waals surface area (Å²) >= 11 is 0. The number of ether oxygens (including phenoxy) is 1. The third kappa shape index (κ3) is 3.53. The van der Waals surface area contributed by atoms with Gasteiger partial charge in [0.05, 0.1) is 5.56 Å². The van der Waals surface area contributed by atoms with Crippen LogP contribution in [0.2, 0.25) is 0 Å². The van der Waals surface area contributed by atoms with Crippen molar-refractivity contribution < 1.29 is 4.74 Å². The monoisotopic (exact) mass is 290 g/mol. The number of amidine groups is 1. The van der Waals surface area contributed by atoms with E-state index in [0.717, 1.165) is 18.5 Å². The molecule has 0 atom stereocenters. The number of rotatable bonds is 5. The highest BCUT2D eigenvalue weighted by Gasteiger charge is 2.24. The molecule has 116 valence electrons. The smallest absolute Gasteiger partial charge is 0.224 e. The molecule has 0 fully saturated rings. The number of nitrogens with one attached hydrogen (secondary N) is 1. The van der Waals surface area contributed by atoms with Gasteiger partial charge in [-0.2, -0.15) is 0 Å². The molecule has 0 aliphatic heterocycles. The SMILES string of the molecule is CN(C)C(C)(C)COc1nc2c(cc1C(=N)N)CCCC2. The van der Waals surface area contributed by atoms with Crippen LogP contribution in [-0.2, 0) is 12.8 Å². The Morgan fingerprint density at radius 3 is 2.67 bits per heavy atom. The second kappa shape index (κ2) is 6.02. The number of likely N-dealkylation sites (N-methyl/N-ethyl adjacent to an activating group) is 1. The Morgan fingerprint density at radius 1 is 1.38 bits per heavy atom. The summed E-state index contributed by atoms with van der Waals surface area (Å²) in [5.74, 6) is 0.520. The fourth-order valence-electron chi connectivity index (χ4n) is 2.29. The van der Waals surface area contributed by atoms with Crippen molar-refractivity contribution in [2.24, 2.45) is 5.73 Å². The average molecular weight is 290 g/mol. The fourth-order valence-corrected chi connectivity index (χ4v) is 2.29. The van der Waals surface area contributed by atoms with Gasteiger partial charge in [0.2, 0.25) is 5.88 Å². The number of hydrogen-bond acceptors (Lipinski definition) is 4. The lowest BCUT2D eigenvalue weighted by molar-refractivity contribution is 0.111. The molecule has 0 saturated heterocycles. The van der Waals surface area contributed by atoms with Crippen molar-refractivity contribution in [3.63, 3.8) is 0 Å². The van der Waals surface area contributed by atoms with Crippen molar-refractivity contribution in [3.05, 3.63) is 22.9 Å². The summed E-state index contributed by atoms with van der Waals surface area (Å²) in [4.78, 5) is 6.75. The molecule has 1 heterocycles. The molecular formula is C16H26N4O. The predicted molar refractivity (Wildman–Crippen MR) is 85.2 cm³/mol. The third-order valence-electron chi connectivity index (χ3n) is 4.33. The first kappa shape index (κ1) is 15.8. The summed E-state index contributed by atoms with van der Waals surface area (Å²) in [5.41, 5.74) is 8.52. The van der Waals surface area contributed by atoms with E-state index in [9.17, 15) is 0 Å². The number of hydrogen-bond donors (Lipinski definition) is 2. The molecule has 0 radical (unpaired) electrons. The Kier molecular flexibility index (Phi) is 4.52. The third-order valence-corrected chi connectivity index (χ3v) is 4.33. The van der Waals surface area contributed by atoms with Gasteiger partial charge in [0.1, 0.15) is 12.4 Å². The molecule has 0 bridgehead atoms. The number of nitrogen functional groups attached to an aromatic ring is 1. The van der Waals surface area contributed by atoms with Crippen molar-refractivity contribution in [1.29, 1.82) is 5.41 Å². The van der Waals surface area contributed by atoms with Crippen LogP contribution in [0.3, 0.4) is 0 Å². The van der Waals surface area contributed by atoms with Gasteiger partial charge in [-0.3, -0.25) is 5.41 Å². The maximum atomic E-state index is 7.76. The van der Waals surface area contributed by atoms with E-state index in [4.69, 9.17) is 15.9 Å². The molecule has 3 N–H and O–H groups in total. The van der Waals surface area contributed by atoms with E-state index in [1.165, 1.54) is 18.4 Å². The Balaban J connectivity index is 2.27. The summed E-state index contributed by atoms with van der Waals surface area (Å²) in [7, 11) is 4.05. The van der Waals surface area contributed by atoms with Crippen molar-refractivity contribution in [3.8, 4) is 5.88 Å². The van der Waals surface area contributed by atoms with Crippen LogP contribution in [0.4, 0.5) is 0 Å². The van der Waals surface area contributed by atoms with Crippen molar-refractivity contribution in [2.45, 2.75) is 45.1 Å². The normalized spacial score (nSPS) is 14.9. The molecule has 0 aromatic carbocycles. The Morgan fingerprint density at radius 2 is 2.05 bits per heavy atom. The van der Waals surface area contributed by atoms with E-state index < -0.39 is 0 Å². The zero-order valence-corrected chi connectivity index (χ0v) is 13.5. The Bertz CT molecular complexity index is 537. The lowest BCUT2D eigenvalue weighted by Gasteiger charge is -2.32. The first-order valence-electron chi connectivity index (χ1n) is 7.48. The molecule has 5 nitrogen and oxygen atoms in total. The quantitative estimate of drug-likeness (QED) is 0.642. The van der Waals surface area contributed by atoms with Gasteiger partial charge in [0.25, 0.3) is 0 Å². The molecule has 0 amide bonds. The maximum absolute atomic E-state index is 7.76. The minimum Gasteiger partial charge on any atom is -0.475 e. The van der Waals surface area contributed by atoms with Gasteiger partial charge >= 0.3 is 0 Å². The average Bonchev–Trinajstić information content (AvgIpc) is 2.43. The number of nitrogens with two attached hydrogens (primary N) is 1. The highest BCUT2D eigenvalue weighted by atomic mass is 16.5. The van der Waals surface area contributed by atoms with E-state index in [1.54, 1.807) is 0 Å². The van der Waals surface area contributed by atoms with Gasteiger partial charge in [-0.1, -0.05) is 0 Å². The van der Waals surface area contributed by atoms with Gasteiger partial charge in [0, 0.05) is 11.2 Å². The zero-order chi connectivity index (χ0) is 15.6. The Hall–Kier alpha value is -1.62. The maximum Gasteiger partial charge on any atom is 0.224 e. The standard InChI is InChI=1S/C16H26N4O/c1-16(2,20(3)4)10-21-15-12(14(17)18)9-11-7-5-6-8-13(11)19-15/h9H,5-8,10H2,1-4H3,(H3,17,18). The van der Waals surface area contributed by atoms with E-state index in [-0.39, 0.29) is 11.4 Å². The number of fused-ring (bicyclic) bond motifs is 1. The molecule has 0 unspecified atom stereocenters. The minimum absolute atomic E-state index is 0.0218. The van der Waals surface area contributed by atoms with Crippen LogP contribution >= 0.6 is 0 Å². The molecule has 5 heteroatoms. The van der Waals surface area contributed by atoms with Gasteiger partial charge in [-0.25, -0.2) is 4.98 Å². The topological polar surface area (TPSA) is 75.2 Å². The van der Waals surface area contributed by atoms with E-state index in [2.05, 4.69) is 23.7 Å². The van der Waals surface area contributed by atoms with Gasteiger partial charge < -0.3 is 15.4 Å². The van der Waals surface area contributed by atoms with Crippen LogP contribution in [0.1, 0.15) is 43.5 Å². The summed E-state index contributed by atoms with van der Waals surface area (Å²) < 4.78 is 5.92. The van der Waals surface area contributed by atoms with Crippen molar-refractivity contribution in [1.82, 2.24) is 9.88 Å². The number of pyridine rings is 1. The van der Waals surface area contributed by atoms with E-state index in [1.807, 2.05) is 20.2 Å². The molecule has 1 aliphatic rings. The van der Waals surface area contributed by atoms with E-state index >= 15 is 0 Å². The second-order valence-corrected chi connectivity index (χ2v) is 6.56. The molecule has 1 aromatic heterocycles. The van der Waals surface area contributed by atoms with Crippen LogP contribution in [0.5, 0.6) is 5.88 Å². The van der Waals surface area contributed by atoms with Crippen LogP contribution in [0.25, 0.3) is 0 Å². The van der Waals surface area contributed by atoms with Gasteiger partial charge in [-0.05, 0) is 65.3 Å². The fraction of sp³-hybridized carbons (Fsp3) is 0.625. The van der Waals surface area contributed by atoms with Gasteiger partial charge in [-0.15, -0.1) is 0 Å². The number of nitrogens with zero attached hydrogens (tertiary/aromatic N) is 2. The first-order chi connectivity index (χ1) is 9.81. The number of aromatic nitrogens is 1. The van der Waals surface area contributed by atoms with E-state index in [0.29, 0.717) is 18.1 Å². The largest absolute Gasteiger partial charge is 0.475 e. The van der Waals surface area contributed by atoms with Crippen molar-refractivity contribution >= 4 is 5.84 Å². The molecule has 0 saturated carbocycles.